The molecule has 0 aromatic rings. The second kappa shape index (κ2) is 3.28. The van der Waals surface area contributed by atoms with Crippen LogP contribution in [0.4, 0.5) is 0 Å². The molecule has 0 fully saturated rings. The second-order valence-corrected chi connectivity index (χ2v) is 3.07. The zero-order valence-electron chi connectivity index (χ0n) is 6.77. The molecule has 0 amide bonds. The summed E-state index contributed by atoms with van der Waals surface area (Å²) in [5.74, 6) is 0. The van der Waals surface area contributed by atoms with Gasteiger partial charge in [0.25, 0.3) is 8.05 Å². The number of rotatable bonds is 3. The highest BCUT2D eigenvalue weighted by Gasteiger charge is 2.24. The van der Waals surface area contributed by atoms with E-state index in [-0.39, 0.29) is 11.4 Å². The molecule has 0 radical (unpaired) electrons. The van der Waals surface area contributed by atoms with Gasteiger partial charge in [0.1, 0.15) is 0 Å². The van der Waals surface area contributed by atoms with Crippen LogP contribution >= 0.6 is 0 Å². The lowest BCUT2D eigenvalue weighted by Gasteiger charge is -2.28. The molecule has 2 nitrogen and oxygen atoms in total. The Morgan fingerprint density at radius 1 is 1.67 bits per heavy atom. The molecule has 0 aliphatic rings. The third-order valence-corrected chi connectivity index (χ3v) is 1.98. The molecule has 4 heteroatoms. The average Bonchev–Trinajstić information content (AvgIpc) is 1.86. The molecule has 9 heavy (non-hydrogen) atoms. The summed E-state index contributed by atoms with van der Waals surface area (Å²) in [7, 11) is 2.38. The molecule has 1 atom stereocenters. The molecule has 2 N–H and O–H groups in total. The van der Waals surface area contributed by atoms with Crippen molar-refractivity contribution in [3.8, 4) is 0 Å². The summed E-state index contributed by atoms with van der Waals surface area (Å²) in [5, 5.41) is 0.106. The van der Waals surface area contributed by atoms with E-state index in [2.05, 4.69) is 13.8 Å². The molecule has 52 valence electrons. The van der Waals surface area contributed by atoms with E-state index in [4.69, 9.17) is 10.3 Å². The zero-order valence-corrected chi connectivity index (χ0v) is 6.77. The van der Waals surface area contributed by atoms with E-state index in [0.29, 0.717) is 7.41 Å². The van der Waals surface area contributed by atoms with Crippen LogP contribution in [-0.4, -0.2) is 21.6 Å². The van der Waals surface area contributed by atoms with Crippen LogP contribution in [0.15, 0.2) is 0 Å². The predicted molar refractivity (Wildman–Crippen MR) is 44.5 cm³/mol. The fraction of sp³-hybridized carbons (Fsp3) is 1.00. The lowest BCUT2D eigenvalue weighted by Crippen LogP contribution is -2.32. The van der Waals surface area contributed by atoms with E-state index in [9.17, 15) is 0 Å². The molecule has 1 unspecified atom stereocenters. The minimum atomic E-state index is 0.106. The van der Waals surface area contributed by atoms with Crippen LogP contribution in [0.2, 0.25) is 5.31 Å². The molecule has 0 aromatic heterocycles. The first-order valence-electron chi connectivity index (χ1n) is 3.27. The van der Waals surface area contributed by atoms with Crippen molar-refractivity contribution in [1.82, 2.24) is 0 Å². The lowest BCUT2D eigenvalue weighted by atomic mass is 9.61. The minimum absolute atomic E-state index is 0.106. The Morgan fingerprint density at radius 3 is 2.22 bits per heavy atom. The van der Waals surface area contributed by atoms with Gasteiger partial charge in [-0.05, 0) is 12.2 Å². The smallest absolute Gasteiger partial charge is 0.257 e. The largest absolute Gasteiger partial charge is 0.442 e. The third kappa shape index (κ3) is 2.41. The van der Waals surface area contributed by atoms with Crippen LogP contribution in [0.25, 0.3) is 0 Å². The lowest BCUT2D eigenvalue weighted by molar-refractivity contribution is 0.195. The average molecular weight is 127 g/mol. The van der Waals surface area contributed by atoms with Crippen molar-refractivity contribution in [2.24, 2.45) is 5.64 Å². The highest BCUT2D eigenvalue weighted by atomic mass is 16.4. The standard InChI is InChI=1S/C5H15B2NO/c1-4(9-6)5(2,3)7-8/h4,7H,6,8H2,1-3H3. The molecule has 0 aromatic carbocycles. The van der Waals surface area contributed by atoms with E-state index >= 15 is 0 Å². The first-order valence-corrected chi connectivity index (χ1v) is 3.27. The van der Waals surface area contributed by atoms with Crippen LogP contribution in [0.5, 0.6) is 0 Å². The SMILES string of the molecule is BOC(C)C(C)(C)BN. The monoisotopic (exact) mass is 127 g/mol. The Balaban J connectivity index is 3.80. The summed E-state index contributed by atoms with van der Waals surface area (Å²) in [6.07, 6.45) is 0.238. The van der Waals surface area contributed by atoms with Gasteiger partial charge in [0.15, 0.2) is 0 Å². The van der Waals surface area contributed by atoms with Gasteiger partial charge in [0.2, 0.25) is 7.41 Å². The highest BCUT2D eigenvalue weighted by molar-refractivity contribution is 6.35. The molecule has 0 spiro atoms. The predicted octanol–water partition coefficient (Wildman–Crippen LogP) is -0.552. The van der Waals surface area contributed by atoms with Crippen LogP contribution in [0.1, 0.15) is 20.8 Å². The summed E-state index contributed by atoms with van der Waals surface area (Å²) in [4.78, 5) is 0. The first kappa shape index (κ1) is 9.05. The van der Waals surface area contributed by atoms with Crippen molar-refractivity contribution in [2.45, 2.75) is 32.2 Å². The quantitative estimate of drug-likeness (QED) is 0.516. The van der Waals surface area contributed by atoms with E-state index in [0.717, 1.165) is 0 Å². The second-order valence-electron chi connectivity index (χ2n) is 3.07. The summed E-state index contributed by atoms with van der Waals surface area (Å²) in [6, 6.07) is 0. The Kier molecular flexibility index (Phi) is 3.29. The van der Waals surface area contributed by atoms with Gasteiger partial charge in [-0.25, -0.2) is 0 Å². The van der Waals surface area contributed by atoms with Crippen LogP contribution in [0, 0.1) is 0 Å². The maximum atomic E-state index is 5.50. The van der Waals surface area contributed by atoms with E-state index in [1.807, 2.05) is 6.92 Å². The Bertz CT molecular complexity index is 87.0. The van der Waals surface area contributed by atoms with Gasteiger partial charge in [0, 0.05) is 6.10 Å². The molecule has 0 saturated carbocycles. The Morgan fingerprint density at radius 2 is 2.11 bits per heavy atom. The van der Waals surface area contributed by atoms with Gasteiger partial charge in [-0.3, -0.25) is 0 Å². The van der Waals surface area contributed by atoms with Crippen LogP contribution < -0.4 is 5.64 Å². The minimum Gasteiger partial charge on any atom is -0.442 e. The van der Waals surface area contributed by atoms with Gasteiger partial charge in [-0.15, -0.1) is 0 Å². The molecular weight excluding hydrogens is 112 g/mol. The normalized spacial score (nSPS) is 15.1. The molecule has 0 aliphatic carbocycles. The molecule has 0 bridgehead atoms. The fourth-order valence-corrected chi connectivity index (χ4v) is 0.485. The van der Waals surface area contributed by atoms with E-state index in [1.165, 1.54) is 0 Å². The van der Waals surface area contributed by atoms with Crippen molar-refractivity contribution in [3.63, 3.8) is 0 Å². The Hall–Kier alpha value is 0.0499. The zero-order chi connectivity index (χ0) is 7.49. The van der Waals surface area contributed by atoms with Gasteiger partial charge in [-0.2, -0.15) is 0 Å². The van der Waals surface area contributed by atoms with E-state index < -0.39 is 0 Å². The molecule has 0 heterocycles. The van der Waals surface area contributed by atoms with Crippen molar-refractivity contribution in [3.05, 3.63) is 0 Å². The number of hydrogen-bond acceptors (Lipinski definition) is 2. The van der Waals surface area contributed by atoms with Gasteiger partial charge in [-0.1, -0.05) is 13.8 Å². The fourth-order valence-electron chi connectivity index (χ4n) is 0.485. The summed E-state index contributed by atoms with van der Waals surface area (Å²) in [5.41, 5.74) is 5.50. The van der Waals surface area contributed by atoms with E-state index in [1.54, 1.807) is 8.05 Å². The summed E-state index contributed by atoms with van der Waals surface area (Å²) < 4.78 is 5.13. The van der Waals surface area contributed by atoms with Crippen LogP contribution in [0.3, 0.4) is 0 Å². The maximum Gasteiger partial charge on any atom is 0.257 e. The number of hydrogen-bond donors (Lipinski definition) is 1. The summed E-state index contributed by atoms with van der Waals surface area (Å²) in [6.45, 7) is 6.23. The van der Waals surface area contributed by atoms with Crippen molar-refractivity contribution in [2.75, 3.05) is 0 Å². The molecular formula is C5H15B2NO. The highest BCUT2D eigenvalue weighted by Crippen LogP contribution is 2.27. The molecule has 0 saturated heterocycles. The van der Waals surface area contributed by atoms with Gasteiger partial charge < -0.3 is 10.3 Å². The van der Waals surface area contributed by atoms with Gasteiger partial charge in [0.05, 0.1) is 0 Å². The summed E-state index contributed by atoms with van der Waals surface area (Å²) >= 11 is 0. The topological polar surface area (TPSA) is 35.2 Å². The maximum absolute atomic E-state index is 5.50. The third-order valence-electron chi connectivity index (χ3n) is 1.98. The van der Waals surface area contributed by atoms with Gasteiger partial charge >= 0.3 is 0 Å². The van der Waals surface area contributed by atoms with Crippen LogP contribution in [-0.2, 0) is 4.65 Å². The molecule has 0 aliphatic heterocycles. The first-order chi connectivity index (χ1) is 4.04. The Labute approximate surface area is 58.8 Å². The molecule has 0 rings (SSSR count). The van der Waals surface area contributed by atoms with Crippen molar-refractivity contribution >= 4 is 15.5 Å². The van der Waals surface area contributed by atoms with Crippen molar-refractivity contribution in [1.29, 1.82) is 0 Å². The van der Waals surface area contributed by atoms with Crippen molar-refractivity contribution < 1.29 is 4.65 Å². The number of nitrogens with two attached hydrogens (primary N) is 1.